The summed E-state index contributed by atoms with van der Waals surface area (Å²) in [6.45, 7) is 0. The Kier molecular flexibility index (Phi) is 3.71. The van der Waals surface area contributed by atoms with Crippen molar-refractivity contribution in [2.75, 3.05) is 7.11 Å². The summed E-state index contributed by atoms with van der Waals surface area (Å²) in [5, 5.41) is 5.90. The SMILES string of the molecule is COc1cc2nn(C3CCC4(CCC(=O)C4)CC3)cc2cc1Br. The molecule has 1 heterocycles. The lowest BCUT2D eigenvalue weighted by molar-refractivity contribution is -0.118. The molecule has 4 rings (SSSR count). The zero-order valence-electron chi connectivity index (χ0n) is 13.3. The van der Waals surface area contributed by atoms with Gasteiger partial charge >= 0.3 is 0 Å². The molecule has 0 radical (unpaired) electrons. The highest BCUT2D eigenvalue weighted by atomic mass is 79.9. The summed E-state index contributed by atoms with van der Waals surface area (Å²) in [5.41, 5.74) is 1.29. The molecule has 0 N–H and O–H groups in total. The van der Waals surface area contributed by atoms with Gasteiger partial charge in [0.15, 0.2) is 0 Å². The largest absolute Gasteiger partial charge is 0.495 e. The summed E-state index contributed by atoms with van der Waals surface area (Å²) in [7, 11) is 1.67. The van der Waals surface area contributed by atoms with Crippen molar-refractivity contribution < 1.29 is 9.53 Å². The molecule has 2 aliphatic carbocycles. The van der Waals surface area contributed by atoms with Crippen molar-refractivity contribution in [1.82, 2.24) is 9.78 Å². The van der Waals surface area contributed by atoms with Gasteiger partial charge < -0.3 is 4.74 Å². The third-order valence-corrected chi connectivity index (χ3v) is 6.31. The molecular formula is C18H21BrN2O2. The van der Waals surface area contributed by atoms with E-state index in [9.17, 15) is 4.79 Å². The van der Waals surface area contributed by atoms with Crippen LogP contribution in [0, 0.1) is 5.41 Å². The van der Waals surface area contributed by atoms with Crippen LogP contribution < -0.4 is 4.74 Å². The average molecular weight is 377 g/mol. The molecule has 2 aliphatic rings. The first kappa shape index (κ1) is 15.2. The number of carbonyl (C=O) groups is 1. The van der Waals surface area contributed by atoms with E-state index in [1.165, 1.54) is 0 Å². The maximum absolute atomic E-state index is 11.6. The van der Waals surface area contributed by atoms with Gasteiger partial charge in [-0.1, -0.05) is 0 Å². The van der Waals surface area contributed by atoms with Crippen LogP contribution in [0.25, 0.3) is 10.9 Å². The Morgan fingerprint density at radius 1 is 1.30 bits per heavy atom. The number of rotatable bonds is 2. The third kappa shape index (κ3) is 2.69. The second kappa shape index (κ2) is 5.62. The van der Waals surface area contributed by atoms with Crippen LogP contribution in [0.1, 0.15) is 51.0 Å². The van der Waals surface area contributed by atoms with Gasteiger partial charge in [-0.15, -0.1) is 0 Å². The number of hydrogen-bond acceptors (Lipinski definition) is 3. The number of ether oxygens (including phenoxy) is 1. The summed E-state index contributed by atoms with van der Waals surface area (Å²) in [5.74, 6) is 1.28. The van der Waals surface area contributed by atoms with Gasteiger partial charge in [0, 0.05) is 30.5 Å². The number of aromatic nitrogens is 2. The van der Waals surface area contributed by atoms with Crippen LogP contribution in [0.2, 0.25) is 0 Å². The summed E-state index contributed by atoms with van der Waals surface area (Å²) >= 11 is 3.54. The fourth-order valence-electron chi connectivity index (χ4n) is 4.29. The molecule has 1 aromatic heterocycles. The first-order valence-corrected chi connectivity index (χ1v) is 9.12. The zero-order valence-corrected chi connectivity index (χ0v) is 14.9. The fraction of sp³-hybridized carbons (Fsp3) is 0.556. The molecule has 0 unspecified atom stereocenters. The molecule has 1 aromatic carbocycles. The maximum Gasteiger partial charge on any atom is 0.135 e. The van der Waals surface area contributed by atoms with Crippen LogP contribution in [-0.4, -0.2) is 22.7 Å². The minimum atomic E-state index is 0.312. The Bertz CT molecular complexity index is 760. The zero-order chi connectivity index (χ0) is 16.0. The summed E-state index contributed by atoms with van der Waals surface area (Å²) in [6.07, 6.45) is 9.42. The van der Waals surface area contributed by atoms with Crippen molar-refractivity contribution in [3.05, 3.63) is 22.8 Å². The Balaban J connectivity index is 1.55. The number of methoxy groups -OCH3 is 1. The second-order valence-electron chi connectivity index (χ2n) is 7.10. The monoisotopic (exact) mass is 376 g/mol. The second-order valence-corrected chi connectivity index (χ2v) is 7.96. The minimum Gasteiger partial charge on any atom is -0.495 e. The van der Waals surface area contributed by atoms with Gasteiger partial charge in [0.1, 0.15) is 11.5 Å². The Morgan fingerprint density at radius 3 is 2.74 bits per heavy atom. The number of fused-ring (bicyclic) bond motifs is 1. The molecule has 4 nitrogen and oxygen atoms in total. The summed E-state index contributed by atoms with van der Waals surface area (Å²) in [4.78, 5) is 11.6. The molecule has 2 fully saturated rings. The highest BCUT2D eigenvalue weighted by Crippen LogP contribution is 2.50. The lowest BCUT2D eigenvalue weighted by atomic mass is 9.71. The van der Waals surface area contributed by atoms with Crippen LogP contribution in [0.3, 0.4) is 0 Å². The van der Waals surface area contributed by atoms with E-state index in [-0.39, 0.29) is 0 Å². The van der Waals surface area contributed by atoms with Crippen LogP contribution in [0.4, 0.5) is 0 Å². The van der Waals surface area contributed by atoms with Gasteiger partial charge in [-0.05, 0) is 59.5 Å². The first-order valence-electron chi connectivity index (χ1n) is 8.33. The molecule has 2 saturated carbocycles. The molecule has 23 heavy (non-hydrogen) atoms. The quantitative estimate of drug-likeness (QED) is 0.765. The predicted molar refractivity (Wildman–Crippen MR) is 92.8 cm³/mol. The molecular weight excluding hydrogens is 356 g/mol. The molecule has 0 atom stereocenters. The van der Waals surface area contributed by atoms with Crippen LogP contribution >= 0.6 is 15.9 Å². The van der Waals surface area contributed by atoms with Gasteiger partial charge in [-0.25, -0.2) is 0 Å². The Hall–Kier alpha value is -1.36. The number of halogens is 1. The van der Waals surface area contributed by atoms with Gasteiger partial charge in [-0.3, -0.25) is 9.48 Å². The van der Waals surface area contributed by atoms with Crippen LogP contribution in [0.15, 0.2) is 22.8 Å². The number of Topliss-reactive ketones (excluding diaryl/α,β-unsaturated/α-hetero) is 1. The fourth-order valence-corrected chi connectivity index (χ4v) is 4.82. The molecule has 5 heteroatoms. The van der Waals surface area contributed by atoms with Gasteiger partial charge in [0.05, 0.1) is 23.1 Å². The predicted octanol–water partition coefficient (Wildman–Crippen LogP) is 4.66. The van der Waals surface area contributed by atoms with Crippen molar-refractivity contribution in [3.8, 4) is 5.75 Å². The molecule has 0 saturated heterocycles. The topological polar surface area (TPSA) is 44.1 Å². The van der Waals surface area contributed by atoms with E-state index >= 15 is 0 Å². The van der Waals surface area contributed by atoms with Crippen molar-refractivity contribution >= 4 is 32.6 Å². The Morgan fingerprint density at radius 2 is 2.09 bits per heavy atom. The molecule has 0 aliphatic heterocycles. The molecule has 122 valence electrons. The maximum atomic E-state index is 11.6. The van der Waals surface area contributed by atoms with Crippen LogP contribution in [0.5, 0.6) is 5.75 Å². The van der Waals surface area contributed by atoms with E-state index in [4.69, 9.17) is 9.84 Å². The molecule has 1 spiro atoms. The minimum absolute atomic E-state index is 0.312. The van der Waals surface area contributed by atoms with Crippen LogP contribution in [-0.2, 0) is 4.79 Å². The number of benzene rings is 1. The molecule has 0 amide bonds. The normalized spacial score (nSPS) is 27.9. The van der Waals surface area contributed by atoms with Crippen molar-refractivity contribution in [3.63, 3.8) is 0 Å². The van der Waals surface area contributed by atoms with E-state index in [2.05, 4.69) is 32.9 Å². The van der Waals surface area contributed by atoms with E-state index < -0.39 is 0 Å². The van der Waals surface area contributed by atoms with Crippen molar-refractivity contribution in [2.45, 2.75) is 51.0 Å². The van der Waals surface area contributed by atoms with E-state index in [0.29, 0.717) is 17.2 Å². The standard InChI is InChI=1S/C18H21BrN2O2/c1-23-17-9-16-12(8-15(17)19)11-21(20-16)13-2-5-18(6-3-13)7-4-14(22)10-18/h8-9,11,13H,2-7,10H2,1H3. The summed E-state index contributed by atoms with van der Waals surface area (Å²) in [6, 6.07) is 4.50. The van der Waals surface area contributed by atoms with Gasteiger partial charge in [0.25, 0.3) is 0 Å². The van der Waals surface area contributed by atoms with Crippen molar-refractivity contribution in [1.29, 1.82) is 0 Å². The average Bonchev–Trinajstić information content (AvgIpc) is 3.11. The number of ketones is 1. The molecule has 2 aromatic rings. The lowest BCUT2D eigenvalue weighted by Gasteiger charge is -2.36. The smallest absolute Gasteiger partial charge is 0.135 e. The summed E-state index contributed by atoms with van der Waals surface area (Å²) < 4.78 is 8.44. The van der Waals surface area contributed by atoms with Gasteiger partial charge in [0.2, 0.25) is 0 Å². The number of hydrogen-bond donors (Lipinski definition) is 0. The number of nitrogens with zero attached hydrogens (tertiary/aromatic N) is 2. The van der Waals surface area contributed by atoms with Crippen molar-refractivity contribution in [2.24, 2.45) is 5.41 Å². The molecule has 0 bridgehead atoms. The van der Waals surface area contributed by atoms with E-state index in [0.717, 1.165) is 66.1 Å². The lowest BCUT2D eigenvalue weighted by Crippen LogP contribution is -2.26. The highest BCUT2D eigenvalue weighted by Gasteiger charge is 2.41. The van der Waals surface area contributed by atoms with Gasteiger partial charge in [-0.2, -0.15) is 5.10 Å². The first-order chi connectivity index (χ1) is 11.1. The third-order valence-electron chi connectivity index (χ3n) is 5.69. The number of carbonyl (C=O) groups excluding carboxylic acids is 1. The van der Waals surface area contributed by atoms with E-state index in [1.807, 2.05) is 6.07 Å². The van der Waals surface area contributed by atoms with E-state index in [1.54, 1.807) is 7.11 Å². The Labute approximate surface area is 144 Å². The highest BCUT2D eigenvalue weighted by molar-refractivity contribution is 9.10.